The lowest BCUT2D eigenvalue weighted by Gasteiger charge is -2.37. The predicted molar refractivity (Wildman–Crippen MR) is 101 cm³/mol. The molecule has 1 saturated carbocycles. The number of ether oxygens (including phenoxy) is 1. The molecule has 1 aliphatic carbocycles. The monoisotopic (exact) mass is 341 g/mol. The van der Waals surface area contributed by atoms with Crippen LogP contribution in [0.3, 0.4) is 0 Å². The van der Waals surface area contributed by atoms with Gasteiger partial charge in [-0.25, -0.2) is 4.79 Å². The van der Waals surface area contributed by atoms with Gasteiger partial charge in [-0.15, -0.1) is 0 Å². The van der Waals surface area contributed by atoms with Gasteiger partial charge in [0.15, 0.2) is 0 Å². The minimum atomic E-state index is -0.535. The number of pyridine rings is 1. The summed E-state index contributed by atoms with van der Waals surface area (Å²) in [6.45, 7) is 5.69. The minimum absolute atomic E-state index is 0.105. The van der Waals surface area contributed by atoms with Gasteiger partial charge in [-0.1, -0.05) is 12.1 Å². The zero-order chi connectivity index (χ0) is 18.0. The lowest BCUT2D eigenvalue weighted by molar-refractivity contribution is 0.0557. The molecule has 0 saturated heterocycles. The number of benzene rings is 1. The summed E-state index contributed by atoms with van der Waals surface area (Å²) in [4.78, 5) is 19.1. The van der Waals surface area contributed by atoms with E-state index in [1.807, 2.05) is 56.1 Å². The van der Waals surface area contributed by atoms with Crippen molar-refractivity contribution in [1.82, 2.24) is 4.98 Å². The second-order valence-corrected chi connectivity index (χ2v) is 7.79. The summed E-state index contributed by atoms with van der Waals surface area (Å²) in [7, 11) is 0. The normalized spacial score (nSPS) is 21.1. The van der Waals surface area contributed by atoms with Crippen molar-refractivity contribution in [3.8, 4) is 0 Å². The highest BCUT2D eigenvalue weighted by Gasteiger charge is 2.32. The highest BCUT2D eigenvalue weighted by Crippen LogP contribution is 2.33. The molecular weight excluding hydrogens is 314 g/mol. The van der Waals surface area contributed by atoms with Crippen molar-refractivity contribution in [2.75, 3.05) is 4.90 Å². The van der Waals surface area contributed by atoms with Gasteiger partial charge < -0.3 is 10.5 Å². The van der Waals surface area contributed by atoms with Crippen LogP contribution in [-0.2, 0) is 4.74 Å². The molecule has 5 nitrogen and oxygen atoms in total. The van der Waals surface area contributed by atoms with Crippen molar-refractivity contribution in [2.24, 2.45) is 5.73 Å². The van der Waals surface area contributed by atoms with Crippen molar-refractivity contribution in [2.45, 2.75) is 64.1 Å². The molecule has 0 radical (unpaired) electrons. The second-order valence-electron chi connectivity index (χ2n) is 7.79. The number of rotatable bonds is 2. The maximum absolute atomic E-state index is 13.0. The van der Waals surface area contributed by atoms with Crippen LogP contribution in [0.15, 0.2) is 36.7 Å². The summed E-state index contributed by atoms with van der Waals surface area (Å²) in [5, 5.41) is 2.03. The van der Waals surface area contributed by atoms with Crippen LogP contribution in [0.2, 0.25) is 0 Å². The van der Waals surface area contributed by atoms with Gasteiger partial charge in [-0.05, 0) is 58.6 Å². The van der Waals surface area contributed by atoms with E-state index in [1.54, 1.807) is 6.20 Å². The first-order chi connectivity index (χ1) is 11.8. The Bertz CT molecular complexity index is 741. The van der Waals surface area contributed by atoms with Crippen molar-refractivity contribution >= 4 is 22.6 Å². The molecular formula is C20H27N3O2. The molecule has 0 aliphatic heterocycles. The lowest BCUT2D eigenvalue weighted by Crippen LogP contribution is -2.46. The third kappa shape index (κ3) is 4.10. The van der Waals surface area contributed by atoms with Gasteiger partial charge in [0.1, 0.15) is 5.60 Å². The highest BCUT2D eigenvalue weighted by atomic mass is 16.6. The van der Waals surface area contributed by atoms with Gasteiger partial charge >= 0.3 is 6.09 Å². The van der Waals surface area contributed by atoms with Crippen LogP contribution in [0.4, 0.5) is 10.5 Å². The van der Waals surface area contributed by atoms with E-state index >= 15 is 0 Å². The number of aromatic nitrogens is 1. The smallest absolute Gasteiger partial charge is 0.415 e. The summed E-state index contributed by atoms with van der Waals surface area (Å²) in [6, 6.07) is 8.25. The van der Waals surface area contributed by atoms with E-state index < -0.39 is 5.60 Å². The fourth-order valence-electron chi connectivity index (χ4n) is 3.43. The van der Waals surface area contributed by atoms with Gasteiger partial charge in [0.05, 0.1) is 5.69 Å². The number of hydrogen-bond acceptors (Lipinski definition) is 4. The van der Waals surface area contributed by atoms with E-state index in [1.165, 1.54) is 0 Å². The zero-order valence-electron chi connectivity index (χ0n) is 15.2. The first-order valence-electron chi connectivity index (χ1n) is 8.96. The standard InChI is InChI=1S/C20H27N3O2/c1-20(2,3)25-19(24)23(16-9-7-15(21)8-10-16)18-6-4-5-14-13-22-12-11-17(14)18/h4-6,11-13,15-16H,7-10,21H2,1-3H3. The summed E-state index contributed by atoms with van der Waals surface area (Å²) >= 11 is 0. The molecule has 1 aromatic carbocycles. The summed E-state index contributed by atoms with van der Waals surface area (Å²) in [6.07, 6.45) is 6.92. The van der Waals surface area contributed by atoms with E-state index in [9.17, 15) is 4.79 Å². The molecule has 0 bridgehead atoms. The van der Waals surface area contributed by atoms with Crippen LogP contribution < -0.4 is 10.6 Å². The Morgan fingerprint density at radius 1 is 1.20 bits per heavy atom. The van der Waals surface area contributed by atoms with Crippen LogP contribution >= 0.6 is 0 Å². The quantitative estimate of drug-likeness (QED) is 0.887. The van der Waals surface area contributed by atoms with E-state index in [0.717, 1.165) is 42.1 Å². The molecule has 2 aromatic rings. The molecule has 134 valence electrons. The van der Waals surface area contributed by atoms with Gasteiger partial charge in [0.25, 0.3) is 0 Å². The second kappa shape index (κ2) is 7.00. The third-order valence-electron chi connectivity index (χ3n) is 4.61. The third-order valence-corrected chi connectivity index (χ3v) is 4.61. The Morgan fingerprint density at radius 3 is 2.60 bits per heavy atom. The summed E-state index contributed by atoms with van der Waals surface area (Å²) in [5.41, 5.74) is 6.41. The van der Waals surface area contributed by atoms with E-state index in [-0.39, 0.29) is 18.2 Å². The molecule has 1 amide bonds. The predicted octanol–water partition coefficient (Wildman–Crippen LogP) is 4.25. The number of fused-ring (bicyclic) bond motifs is 1. The number of amides is 1. The summed E-state index contributed by atoms with van der Waals surface area (Å²) < 4.78 is 5.72. The van der Waals surface area contributed by atoms with Crippen LogP contribution in [0.1, 0.15) is 46.5 Å². The molecule has 1 fully saturated rings. The van der Waals surface area contributed by atoms with Crippen LogP contribution in [-0.4, -0.2) is 28.8 Å². The molecule has 2 N–H and O–H groups in total. The van der Waals surface area contributed by atoms with E-state index in [4.69, 9.17) is 10.5 Å². The zero-order valence-corrected chi connectivity index (χ0v) is 15.2. The molecule has 0 unspecified atom stereocenters. The molecule has 3 rings (SSSR count). The number of nitrogens with two attached hydrogens (primary N) is 1. The fraction of sp³-hybridized carbons (Fsp3) is 0.500. The van der Waals surface area contributed by atoms with E-state index in [2.05, 4.69) is 4.98 Å². The number of anilines is 1. The Morgan fingerprint density at radius 2 is 1.92 bits per heavy atom. The molecule has 0 spiro atoms. The number of hydrogen-bond donors (Lipinski definition) is 1. The maximum atomic E-state index is 13.0. The van der Waals surface area contributed by atoms with Gasteiger partial charge in [0.2, 0.25) is 0 Å². The Labute approximate surface area is 149 Å². The number of carbonyl (C=O) groups is 1. The summed E-state index contributed by atoms with van der Waals surface area (Å²) in [5.74, 6) is 0. The Balaban J connectivity index is 2.02. The average molecular weight is 341 g/mol. The molecule has 0 atom stereocenters. The Kier molecular flexibility index (Phi) is 4.95. The maximum Gasteiger partial charge on any atom is 0.415 e. The fourth-order valence-corrected chi connectivity index (χ4v) is 3.43. The van der Waals surface area contributed by atoms with E-state index in [0.29, 0.717) is 0 Å². The molecule has 1 heterocycles. The molecule has 25 heavy (non-hydrogen) atoms. The minimum Gasteiger partial charge on any atom is -0.443 e. The van der Waals surface area contributed by atoms with Crippen LogP contribution in [0, 0.1) is 0 Å². The number of nitrogens with zero attached hydrogens (tertiary/aromatic N) is 2. The van der Waals surface area contributed by atoms with Gasteiger partial charge in [-0.2, -0.15) is 0 Å². The topological polar surface area (TPSA) is 68.5 Å². The van der Waals surface area contributed by atoms with Crippen molar-refractivity contribution < 1.29 is 9.53 Å². The van der Waals surface area contributed by atoms with Gasteiger partial charge in [0, 0.05) is 35.2 Å². The average Bonchev–Trinajstić information content (AvgIpc) is 2.55. The lowest BCUT2D eigenvalue weighted by atomic mass is 9.90. The van der Waals surface area contributed by atoms with Crippen molar-refractivity contribution in [3.05, 3.63) is 36.7 Å². The Hall–Kier alpha value is -2.14. The molecule has 1 aromatic heterocycles. The number of carbonyl (C=O) groups excluding carboxylic acids is 1. The highest BCUT2D eigenvalue weighted by molar-refractivity contribution is 6.01. The van der Waals surface area contributed by atoms with Crippen molar-refractivity contribution in [3.63, 3.8) is 0 Å². The largest absolute Gasteiger partial charge is 0.443 e. The first-order valence-corrected chi connectivity index (χ1v) is 8.96. The molecule has 5 heteroatoms. The SMILES string of the molecule is CC(C)(C)OC(=O)N(c1cccc2cnccc12)C1CCC(N)CC1. The van der Waals surface area contributed by atoms with Crippen LogP contribution in [0.25, 0.3) is 10.8 Å². The molecule has 1 aliphatic rings. The van der Waals surface area contributed by atoms with Gasteiger partial charge in [-0.3, -0.25) is 9.88 Å². The van der Waals surface area contributed by atoms with Crippen LogP contribution in [0.5, 0.6) is 0 Å². The van der Waals surface area contributed by atoms with Crippen molar-refractivity contribution in [1.29, 1.82) is 0 Å². The first kappa shape index (κ1) is 17.7.